The summed E-state index contributed by atoms with van der Waals surface area (Å²) in [5, 5.41) is 3.26. The molecule has 0 fully saturated rings. The first kappa shape index (κ1) is 12.4. The van der Waals surface area contributed by atoms with Crippen LogP contribution in [0.4, 0.5) is 5.82 Å². The monoisotopic (exact) mass is 243 g/mol. The molecule has 0 amide bonds. The van der Waals surface area contributed by atoms with Gasteiger partial charge in [-0.2, -0.15) is 0 Å². The van der Waals surface area contributed by atoms with Crippen LogP contribution < -0.4 is 10.1 Å². The molecule has 2 rings (SSSR count). The van der Waals surface area contributed by atoms with Gasteiger partial charge in [-0.15, -0.1) is 0 Å². The Labute approximate surface area is 107 Å². The van der Waals surface area contributed by atoms with E-state index < -0.39 is 0 Å². The lowest BCUT2D eigenvalue weighted by Crippen LogP contribution is -2.05. The fourth-order valence-corrected chi connectivity index (χ4v) is 1.56. The average molecular weight is 243 g/mol. The molecule has 18 heavy (non-hydrogen) atoms. The highest BCUT2D eigenvalue weighted by Gasteiger charge is 2.08. The summed E-state index contributed by atoms with van der Waals surface area (Å²) in [5.41, 5.74) is 0.926. The zero-order chi connectivity index (χ0) is 12.8. The summed E-state index contributed by atoms with van der Waals surface area (Å²) >= 11 is 0. The Kier molecular flexibility index (Phi) is 4.12. The van der Waals surface area contributed by atoms with Crippen LogP contribution in [0.5, 0.6) is 11.6 Å². The molecule has 94 valence electrons. The highest BCUT2D eigenvalue weighted by Crippen LogP contribution is 2.25. The Hall–Kier alpha value is -2.10. The summed E-state index contributed by atoms with van der Waals surface area (Å²) < 4.78 is 5.74. The second-order valence-corrected chi connectivity index (χ2v) is 3.99. The van der Waals surface area contributed by atoms with E-state index in [-0.39, 0.29) is 0 Å². The number of aromatic nitrogens is 2. The van der Waals surface area contributed by atoms with Gasteiger partial charge >= 0.3 is 0 Å². The number of rotatable bonds is 5. The van der Waals surface area contributed by atoms with Crippen molar-refractivity contribution in [2.24, 2.45) is 0 Å². The number of para-hydroxylation sites is 1. The van der Waals surface area contributed by atoms with Crippen molar-refractivity contribution in [1.82, 2.24) is 9.97 Å². The van der Waals surface area contributed by atoms with Crippen LogP contribution in [0.25, 0.3) is 0 Å². The molecule has 1 N–H and O–H groups in total. The quantitative estimate of drug-likeness (QED) is 0.874. The second kappa shape index (κ2) is 6.00. The van der Waals surface area contributed by atoms with Gasteiger partial charge in [-0.3, -0.25) is 0 Å². The molecule has 0 saturated heterocycles. The molecule has 0 bridgehead atoms. The fraction of sp³-hybridized carbons (Fsp3) is 0.286. The van der Waals surface area contributed by atoms with Crippen molar-refractivity contribution in [3.8, 4) is 11.6 Å². The first-order chi connectivity index (χ1) is 8.81. The van der Waals surface area contributed by atoms with E-state index in [1.807, 2.05) is 37.3 Å². The van der Waals surface area contributed by atoms with Gasteiger partial charge in [0.05, 0.1) is 5.56 Å². The van der Waals surface area contributed by atoms with Crippen LogP contribution in [-0.2, 0) is 0 Å². The van der Waals surface area contributed by atoms with Crippen molar-refractivity contribution >= 4 is 5.82 Å². The van der Waals surface area contributed by atoms with E-state index in [2.05, 4.69) is 22.2 Å². The number of hydrogen-bond acceptors (Lipinski definition) is 4. The van der Waals surface area contributed by atoms with E-state index in [1.54, 1.807) is 0 Å². The Morgan fingerprint density at radius 3 is 2.67 bits per heavy atom. The van der Waals surface area contributed by atoms with E-state index >= 15 is 0 Å². The summed E-state index contributed by atoms with van der Waals surface area (Å²) in [5.74, 6) is 2.20. The molecule has 1 heterocycles. The molecule has 0 aliphatic heterocycles. The smallest absolute Gasteiger partial charge is 0.227 e. The minimum absolute atomic E-state index is 0.592. The molecule has 4 nitrogen and oxygen atoms in total. The van der Waals surface area contributed by atoms with Crippen molar-refractivity contribution in [2.45, 2.75) is 20.3 Å². The minimum atomic E-state index is 0.592. The Morgan fingerprint density at radius 1 is 1.17 bits per heavy atom. The largest absolute Gasteiger partial charge is 0.439 e. The number of benzene rings is 1. The van der Waals surface area contributed by atoms with Crippen LogP contribution in [0, 0.1) is 6.92 Å². The summed E-state index contributed by atoms with van der Waals surface area (Å²) in [6.07, 6.45) is 2.57. The molecule has 0 atom stereocenters. The molecule has 0 aliphatic rings. The van der Waals surface area contributed by atoms with E-state index in [1.165, 1.54) is 6.33 Å². The fourth-order valence-electron chi connectivity index (χ4n) is 1.56. The highest BCUT2D eigenvalue weighted by molar-refractivity contribution is 5.48. The van der Waals surface area contributed by atoms with Gasteiger partial charge in [-0.25, -0.2) is 9.97 Å². The Bertz CT molecular complexity index is 500. The topological polar surface area (TPSA) is 47.0 Å². The third-order valence-corrected chi connectivity index (χ3v) is 2.54. The number of nitrogens with zero attached hydrogens (tertiary/aromatic N) is 2. The van der Waals surface area contributed by atoms with Gasteiger partial charge in [0.25, 0.3) is 0 Å². The third kappa shape index (κ3) is 2.97. The van der Waals surface area contributed by atoms with Crippen molar-refractivity contribution in [3.63, 3.8) is 0 Å². The molecule has 0 unspecified atom stereocenters. The molecule has 0 radical (unpaired) electrons. The first-order valence-corrected chi connectivity index (χ1v) is 6.09. The number of ether oxygens (including phenoxy) is 1. The van der Waals surface area contributed by atoms with Gasteiger partial charge in [0, 0.05) is 6.54 Å². The summed E-state index contributed by atoms with van der Waals surface area (Å²) in [4.78, 5) is 8.38. The van der Waals surface area contributed by atoms with Crippen LogP contribution >= 0.6 is 0 Å². The molecule has 0 aliphatic carbocycles. The Balaban J connectivity index is 2.18. The van der Waals surface area contributed by atoms with Crippen LogP contribution in [-0.4, -0.2) is 16.5 Å². The van der Waals surface area contributed by atoms with E-state index in [9.17, 15) is 0 Å². The van der Waals surface area contributed by atoms with Gasteiger partial charge < -0.3 is 10.1 Å². The van der Waals surface area contributed by atoms with Gasteiger partial charge in [-0.1, -0.05) is 25.1 Å². The van der Waals surface area contributed by atoms with E-state index in [0.717, 1.165) is 30.1 Å². The molecule has 4 heteroatoms. The zero-order valence-electron chi connectivity index (χ0n) is 10.7. The molecule has 0 spiro atoms. The van der Waals surface area contributed by atoms with Crippen LogP contribution in [0.3, 0.4) is 0 Å². The molecular weight excluding hydrogens is 226 g/mol. The second-order valence-electron chi connectivity index (χ2n) is 3.99. The lowest BCUT2D eigenvalue weighted by molar-refractivity contribution is 0.457. The van der Waals surface area contributed by atoms with Gasteiger partial charge in [0.2, 0.25) is 5.88 Å². The predicted octanol–water partition coefficient (Wildman–Crippen LogP) is 3.40. The van der Waals surface area contributed by atoms with Gasteiger partial charge in [-0.05, 0) is 25.5 Å². The van der Waals surface area contributed by atoms with Gasteiger partial charge in [0.1, 0.15) is 17.9 Å². The first-order valence-electron chi connectivity index (χ1n) is 6.09. The van der Waals surface area contributed by atoms with E-state index in [0.29, 0.717) is 5.88 Å². The van der Waals surface area contributed by atoms with Crippen molar-refractivity contribution in [3.05, 3.63) is 42.2 Å². The predicted molar refractivity (Wildman–Crippen MR) is 72.1 cm³/mol. The summed E-state index contributed by atoms with van der Waals surface area (Å²) in [6, 6.07) is 9.62. The number of nitrogens with one attached hydrogen (secondary N) is 1. The van der Waals surface area contributed by atoms with Crippen LogP contribution in [0.15, 0.2) is 36.7 Å². The standard InChI is InChI=1S/C14H17N3O/c1-3-9-15-13-11(2)14(17-10-16-13)18-12-7-5-4-6-8-12/h4-8,10H,3,9H2,1-2H3,(H,15,16,17). The summed E-state index contributed by atoms with van der Waals surface area (Å²) in [6.45, 7) is 4.96. The highest BCUT2D eigenvalue weighted by atomic mass is 16.5. The Morgan fingerprint density at radius 2 is 1.94 bits per heavy atom. The van der Waals surface area contributed by atoms with E-state index in [4.69, 9.17) is 4.74 Å². The lowest BCUT2D eigenvalue weighted by atomic mass is 10.3. The maximum atomic E-state index is 5.74. The zero-order valence-corrected chi connectivity index (χ0v) is 10.7. The molecule has 1 aromatic heterocycles. The molecule has 0 saturated carbocycles. The van der Waals surface area contributed by atoms with Crippen molar-refractivity contribution < 1.29 is 4.74 Å². The third-order valence-electron chi connectivity index (χ3n) is 2.54. The van der Waals surface area contributed by atoms with Crippen molar-refractivity contribution in [2.75, 3.05) is 11.9 Å². The minimum Gasteiger partial charge on any atom is -0.439 e. The van der Waals surface area contributed by atoms with Gasteiger partial charge in [0.15, 0.2) is 0 Å². The maximum Gasteiger partial charge on any atom is 0.227 e. The number of anilines is 1. The average Bonchev–Trinajstić information content (AvgIpc) is 2.41. The van der Waals surface area contributed by atoms with Crippen molar-refractivity contribution in [1.29, 1.82) is 0 Å². The van der Waals surface area contributed by atoms with Crippen LogP contribution in [0.2, 0.25) is 0 Å². The lowest BCUT2D eigenvalue weighted by Gasteiger charge is -2.11. The van der Waals surface area contributed by atoms with Crippen LogP contribution in [0.1, 0.15) is 18.9 Å². The summed E-state index contributed by atoms with van der Waals surface area (Å²) in [7, 11) is 0. The molecule has 1 aromatic carbocycles. The molecule has 2 aromatic rings. The molecular formula is C14H17N3O. The number of hydrogen-bond donors (Lipinski definition) is 1. The maximum absolute atomic E-state index is 5.74. The normalized spacial score (nSPS) is 10.1. The SMILES string of the molecule is CCCNc1ncnc(Oc2ccccc2)c1C.